The Bertz CT molecular complexity index is 1070. The third kappa shape index (κ3) is 5.46. The number of rotatable bonds is 9. The number of methoxy groups -OCH3 is 2. The van der Waals surface area contributed by atoms with Gasteiger partial charge in [0.25, 0.3) is 0 Å². The number of hydrogen-bond acceptors (Lipinski definition) is 5. The van der Waals surface area contributed by atoms with E-state index in [9.17, 15) is 4.79 Å². The zero-order chi connectivity index (χ0) is 23.2. The van der Waals surface area contributed by atoms with Gasteiger partial charge in [-0.2, -0.15) is 0 Å². The molecule has 0 unspecified atom stereocenters. The number of piperazine rings is 1. The second-order valence-corrected chi connectivity index (χ2v) is 8.77. The summed E-state index contributed by atoms with van der Waals surface area (Å²) < 4.78 is 12.5. The molecule has 1 saturated heterocycles. The summed E-state index contributed by atoms with van der Waals surface area (Å²) in [7, 11) is 3.18. The maximum Gasteiger partial charge on any atom is 0.337 e. The molecular formula is C27H35N3O3. The fourth-order valence-electron chi connectivity index (χ4n) is 4.79. The summed E-state index contributed by atoms with van der Waals surface area (Å²) >= 11 is 0. The molecule has 2 aromatic carbocycles. The summed E-state index contributed by atoms with van der Waals surface area (Å²) in [5.41, 5.74) is 5.77. The normalized spacial score (nSPS) is 15.2. The predicted octanol–water partition coefficient (Wildman–Crippen LogP) is 3.59. The second-order valence-electron chi connectivity index (χ2n) is 8.77. The Morgan fingerprint density at radius 1 is 0.879 bits per heavy atom. The molecule has 1 aliphatic heterocycles. The zero-order valence-electron chi connectivity index (χ0n) is 20.0. The van der Waals surface area contributed by atoms with E-state index in [2.05, 4.69) is 45.6 Å². The molecule has 1 aromatic heterocycles. The molecule has 2 heterocycles. The van der Waals surface area contributed by atoms with Gasteiger partial charge in [-0.05, 0) is 42.7 Å². The number of benzene rings is 2. The molecular weight excluding hydrogens is 414 g/mol. The van der Waals surface area contributed by atoms with Crippen LogP contribution in [0.15, 0.2) is 48.5 Å². The first-order valence-electron chi connectivity index (χ1n) is 11.8. The van der Waals surface area contributed by atoms with Crippen LogP contribution in [0.25, 0.3) is 10.9 Å². The van der Waals surface area contributed by atoms with Crippen molar-refractivity contribution in [2.45, 2.75) is 19.9 Å². The molecule has 0 bridgehead atoms. The largest absolute Gasteiger partial charge is 0.465 e. The number of aromatic nitrogens is 1. The Balaban J connectivity index is 1.47. The predicted molar refractivity (Wildman–Crippen MR) is 132 cm³/mol. The van der Waals surface area contributed by atoms with E-state index in [-0.39, 0.29) is 5.97 Å². The number of ether oxygens (including phenoxy) is 2. The van der Waals surface area contributed by atoms with Gasteiger partial charge in [0.15, 0.2) is 0 Å². The standard InChI is InChI=1S/C27H35N3O3/c1-21-25(20-22-8-10-23(11-9-22)27(31)33-3)24-6-4-5-7-26(24)30(21)17-16-28-12-14-29(15-13-28)18-19-32-2/h4-11H,12-20H2,1-3H3. The number of hydrogen-bond donors (Lipinski definition) is 0. The second kappa shape index (κ2) is 11.0. The zero-order valence-corrected chi connectivity index (χ0v) is 20.0. The number of nitrogens with zero attached hydrogens (tertiary/aromatic N) is 3. The fourth-order valence-corrected chi connectivity index (χ4v) is 4.79. The SMILES string of the molecule is COCCN1CCN(CCn2c(C)c(Cc3ccc(C(=O)OC)cc3)c3ccccc32)CC1. The van der Waals surface area contributed by atoms with Crippen LogP contribution >= 0.6 is 0 Å². The van der Waals surface area contributed by atoms with Crippen molar-refractivity contribution in [2.24, 2.45) is 0 Å². The van der Waals surface area contributed by atoms with E-state index in [0.717, 1.165) is 58.8 Å². The van der Waals surface area contributed by atoms with Crippen molar-refractivity contribution in [3.05, 3.63) is 70.9 Å². The molecule has 3 aromatic rings. The molecule has 0 atom stereocenters. The lowest BCUT2D eigenvalue weighted by Crippen LogP contribution is -2.47. The molecule has 33 heavy (non-hydrogen) atoms. The highest BCUT2D eigenvalue weighted by molar-refractivity contribution is 5.89. The molecule has 6 nitrogen and oxygen atoms in total. The molecule has 0 N–H and O–H groups in total. The molecule has 0 radical (unpaired) electrons. The Hall–Kier alpha value is -2.67. The average Bonchev–Trinajstić information content (AvgIpc) is 3.12. The van der Waals surface area contributed by atoms with Crippen molar-refractivity contribution in [3.63, 3.8) is 0 Å². The summed E-state index contributed by atoms with van der Waals surface area (Å²) in [6.45, 7) is 10.6. The van der Waals surface area contributed by atoms with Crippen LogP contribution in [0.2, 0.25) is 0 Å². The lowest BCUT2D eigenvalue weighted by molar-refractivity contribution is 0.0600. The van der Waals surface area contributed by atoms with Crippen LogP contribution in [0.3, 0.4) is 0 Å². The van der Waals surface area contributed by atoms with Gasteiger partial charge in [-0.1, -0.05) is 30.3 Å². The van der Waals surface area contributed by atoms with E-state index in [1.807, 2.05) is 24.3 Å². The molecule has 4 rings (SSSR count). The van der Waals surface area contributed by atoms with Crippen LogP contribution in [-0.2, 0) is 22.4 Å². The van der Waals surface area contributed by atoms with Gasteiger partial charge in [0.2, 0.25) is 0 Å². The minimum Gasteiger partial charge on any atom is -0.465 e. The minimum atomic E-state index is -0.297. The first-order valence-corrected chi connectivity index (χ1v) is 11.8. The van der Waals surface area contributed by atoms with Gasteiger partial charge in [-0.25, -0.2) is 4.79 Å². The summed E-state index contributed by atoms with van der Waals surface area (Å²) in [5, 5.41) is 1.32. The molecule has 0 amide bonds. The molecule has 0 spiro atoms. The smallest absolute Gasteiger partial charge is 0.337 e. The monoisotopic (exact) mass is 449 g/mol. The van der Waals surface area contributed by atoms with Crippen LogP contribution in [0.1, 0.15) is 27.2 Å². The minimum absolute atomic E-state index is 0.297. The van der Waals surface area contributed by atoms with Gasteiger partial charge >= 0.3 is 5.97 Å². The van der Waals surface area contributed by atoms with E-state index in [1.165, 1.54) is 34.8 Å². The number of fused-ring (bicyclic) bond motifs is 1. The summed E-state index contributed by atoms with van der Waals surface area (Å²) in [6.07, 6.45) is 0.846. The fraction of sp³-hybridized carbons (Fsp3) is 0.444. The van der Waals surface area contributed by atoms with Crippen molar-refractivity contribution < 1.29 is 14.3 Å². The third-order valence-electron chi connectivity index (χ3n) is 6.83. The average molecular weight is 450 g/mol. The van der Waals surface area contributed by atoms with Crippen molar-refractivity contribution in [2.75, 3.05) is 60.1 Å². The Morgan fingerprint density at radius 3 is 2.21 bits per heavy atom. The number of para-hydroxylation sites is 1. The lowest BCUT2D eigenvalue weighted by Gasteiger charge is -2.34. The Kier molecular flexibility index (Phi) is 7.81. The molecule has 1 aliphatic rings. The van der Waals surface area contributed by atoms with Crippen LogP contribution in [0.5, 0.6) is 0 Å². The van der Waals surface area contributed by atoms with Crippen molar-refractivity contribution in [1.82, 2.24) is 14.4 Å². The molecule has 0 aliphatic carbocycles. The molecule has 0 saturated carbocycles. The number of esters is 1. The first-order chi connectivity index (χ1) is 16.1. The highest BCUT2D eigenvalue weighted by atomic mass is 16.5. The van der Waals surface area contributed by atoms with Gasteiger partial charge in [0.1, 0.15) is 0 Å². The highest BCUT2D eigenvalue weighted by Gasteiger charge is 2.18. The summed E-state index contributed by atoms with van der Waals surface area (Å²) in [4.78, 5) is 16.8. The van der Waals surface area contributed by atoms with Gasteiger partial charge in [0, 0.05) is 69.5 Å². The summed E-state index contributed by atoms with van der Waals surface area (Å²) in [5.74, 6) is -0.297. The molecule has 6 heteroatoms. The number of carbonyl (C=O) groups excluding carboxylic acids is 1. The molecule has 1 fully saturated rings. The van der Waals surface area contributed by atoms with Crippen LogP contribution in [0.4, 0.5) is 0 Å². The highest BCUT2D eigenvalue weighted by Crippen LogP contribution is 2.28. The van der Waals surface area contributed by atoms with Gasteiger partial charge in [0.05, 0.1) is 19.3 Å². The van der Waals surface area contributed by atoms with E-state index in [4.69, 9.17) is 9.47 Å². The Labute approximate surface area is 196 Å². The van der Waals surface area contributed by atoms with E-state index in [0.29, 0.717) is 5.56 Å². The van der Waals surface area contributed by atoms with Gasteiger partial charge in [-0.15, -0.1) is 0 Å². The van der Waals surface area contributed by atoms with E-state index < -0.39 is 0 Å². The topological polar surface area (TPSA) is 46.9 Å². The number of carbonyl (C=O) groups is 1. The Morgan fingerprint density at radius 2 is 1.55 bits per heavy atom. The summed E-state index contributed by atoms with van der Waals surface area (Å²) in [6, 6.07) is 16.5. The van der Waals surface area contributed by atoms with Crippen LogP contribution in [0, 0.1) is 6.92 Å². The van der Waals surface area contributed by atoms with Crippen molar-refractivity contribution in [3.8, 4) is 0 Å². The quantitative estimate of drug-likeness (QED) is 0.467. The van der Waals surface area contributed by atoms with E-state index >= 15 is 0 Å². The lowest BCUT2D eigenvalue weighted by atomic mass is 10.0. The van der Waals surface area contributed by atoms with Crippen LogP contribution in [-0.4, -0.2) is 80.4 Å². The van der Waals surface area contributed by atoms with Crippen LogP contribution < -0.4 is 0 Å². The van der Waals surface area contributed by atoms with Gasteiger partial charge < -0.3 is 14.0 Å². The first kappa shape index (κ1) is 23.5. The van der Waals surface area contributed by atoms with Crippen molar-refractivity contribution in [1.29, 1.82) is 0 Å². The van der Waals surface area contributed by atoms with Gasteiger partial charge in [-0.3, -0.25) is 9.80 Å². The third-order valence-corrected chi connectivity index (χ3v) is 6.83. The van der Waals surface area contributed by atoms with Crippen molar-refractivity contribution >= 4 is 16.9 Å². The van der Waals surface area contributed by atoms with E-state index in [1.54, 1.807) is 7.11 Å². The maximum absolute atomic E-state index is 11.7. The maximum atomic E-state index is 11.7. The molecule has 176 valence electrons.